The lowest BCUT2D eigenvalue weighted by atomic mass is 10.0. The highest BCUT2D eigenvalue weighted by molar-refractivity contribution is 5.65. The van der Waals surface area contributed by atoms with Crippen molar-refractivity contribution < 1.29 is 4.74 Å². The fourth-order valence-electron chi connectivity index (χ4n) is 2.79. The van der Waals surface area contributed by atoms with Gasteiger partial charge in [-0.05, 0) is 43.5 Å². The van der Waals surface area contributed by atoms with Crippen LogP contribution < -0.4 is 10.5 Å². The van der Waals surface area contributed by atoms with Gasteiger partial charge in [0.25, 0.3) is 0 Å². The number of benzene rings is 1. The molecule has 0 radical (unpaired) electrons. The number of aryl methyl sites for hydroxylation is 2. The highest BCUT2D eigenvalue weighted by atomic mass is 16.5. The van der Waals surface area contributed by atoms with Crippen molar-refractivity contribution in [3.05, 3.63) is 35.3 Å². The standard InChI is InChI=1S/C15H19N3O/c1-10-15(18(2)14(9-16)17-10)12-5-6-13-11(8-12)4-3-7-19-13/h5-6,8H,3-4,7,9,16H2,1-2H3. The van der Waals surface area contributed by atoms with Crippen molar-refractivity contribution in [3.63, 3.8) is 0 Å². The number of hydrogen-bond donors (Lipinski definition) is 1. The van der Waals surface area contributed by atoms with Gasteiger partial charge in [0, 0.05) is 12.6 Å². The lowest BCUT2D eigenvalue weighted by Crippen LogP contribution is -2.08. The van der Waals surface area contributed by atoms with Gasteiger partial charge >= 0.3 is 0 Å². The maximum atomic E-state index is 5.72. The molecule has 2 aromatic rings. The van der Waals surface area contributed by atoms with Crippen LogP contribution in [0.4, 0.5) is 0 Å². The number of rotatable bonds is 2. The molecule has 0 saturated heterocycles. The van der Waals surface area contributed by atoms with E-state index in [4.69, 9.17) is 10.5 Å². The molecule has 100 valence electrons. The molecule has 2 N–H and O–H groups in total. The van der Waals surface area contributed by atoms with Crippen molar-refractivity contribution in [1.82, 2.24) is 9.55 Å². The molecule has 0 atom stereocenters. The van der Waals surface area contributed by atoms with Gasteiger partial charge in [-0.1, -0.05) is 0 Å². The highest BCUT2D eigenvalue weighted by Crippen LogP contribution is 2.31. The van der Waals surface area contributed by atoms with E-state index in [0.717, 1.165) is 42.4 Å². The van der Waals surface area contributed by atoms with Gasteiger partial charge in [0.15, 0.2) is 0 Å². The van der Waals surface area contributed by atoms with Gasteiger partial charge in [-0.3, -0.25) is 0 Å². The summed E-state index contributed by atoms with van der Waals surface area (Å²) >= 11 is 0. The van der Waals surface area contributed by atoms with Gasteiger partial charge in [0.05, 0.1) is 24.5 Å². The molecule has 1 aliphatic heterocycles. The summed E-state index contributed by atoms with van der Waals surface area (Å²) in [7, 11) is 2.02. The predicted molar refractivity (Wildman–Crippen MR) is 75.1 cm³/mol. The summed E-state index contributed by atoms with van der Waals surface area (Å²) in [6.07, 6.45) is 2.18. The zero-order valence-electron chi connectivity index (χ0n) is 11.4. The minimum absolute atomic E-state index is 0.464. The van der Waals surface area contributed by atoms with Crippen LogP contribution in [0.15, 0.2) is 18.2 Å². The second-order valence-electron chi connectivity index (χ2n) is 5.00. The van der Waals surface area contributed by atoms with E-state index in [-0.39, 0.29) is 0 Å². The Kier molecular flexibility index (Phi) is 3.03. The second-order valence-corrected chi connectivity index (χ2v) is 5.00. The smallest absolute Gasteiger partial charge is 0.122 e. The molecule has 1 aromatic carbocycles. The average molecular weight is 257 g/mol. The van der Waals surface area contributed by atoms with Crippen LogP contribution >= 0.6 is 0 Å². The lowest BCUT2D eigenvalue weighted by molar-refractivity contribution is 0.288. The molecule has 0 aliphatic carbocycles. The van der Waals surface area contributed by atoms with Crippen LogP contribution in [0.25, 0.3) is 11.3 Å². The molecule has 1 aliphatic rings. The Bertz CT molecular complexity index is 616. The van der Waals surface area contributed by atoms with E-state index in [0.29, 0.717) is 6.54 Å². The number of fused-ring (bicyclic) bond motifs is 1. The topological polar surface area (TPSA) is 53.1 Å². The summed E-state index contributed by atoms with van der Waals surface area (Å²) in [5.41, 5.74) is 10.4. The first-order valence-electron chi connectivity index (χ1n) is 6.69. The molecule has 19 heavy (non-hydrogen) atoms. The normalized spacial score (nSPS) is 14.1. The van der Waals surface area contributed by atoms with E-state index in [2.05, 4.69) is 27.8 Å². The van der Waals surface area contributed by atoms with Gasteiger partial charge < -0.3 is 15.0 Å². The van der Waals surface area contributed by atoms with Crippen molar-refractivity contribution in [2.24, 2.45) is 12.8 Å². The Morgan fingerprint density at radius 1 is 1.42 bits per heavy atom. The van der Waals surface area contributed by atoms with Crippen LogP contribution in [0.2, 0.25) is 0 Å². The molecular weight excluding hydrogens is 238 g/mol. The molecule has 0 amide bonds. The largest absolute Gasteiger partial charge is 0.493 e. The monoisotopic (exact) mass is 257 g/mol. The predicted octanol–water partition coefficient (Wildman–Crippen LogP) is 2.18. The summed E-state index contributed by atoms with van der Waals surface area (Å²) in [5.74, 6) is 1.94. The first-order valence-corrected chi connectivity index (χ1v) is 6.69. The maximum Gasteiger partial charge on any atom is 0.122 e. The van der Waals surface area contributed by atoms with Gasteiger partial charge in [-0.15, -0.1) is 0 Å². The summed E-state index contributed by atoms with van der Waals surface area (Å²) in [6, 6.07) is 6.39. The van der Waals surface area contributed by atoms with E-state index in [1.54, 1.807) is 0 Å². The van der Waals surface area contributed by atoms with E-state index < -0.39 is 0 Å². The van der Waals surface area contributed by atoms with E-state index in [1.807, 2.05) is 14.0 Å². The van der Waals surface area contributed by atoms with Crippen LogP contribution in [-0.2, 0) is 20.0 Å². The van der Waals surface area contributed by atoms with Crippen LogP contribution in [0.3, 0.4) is 0 Å². The maximum absolute atomic E-state index is 5.72. The van der Waals surface area contributed by atoms with Gasteiger partial charge in [0.2, 0.25) is 0 Å². The van der Waals surface area contributed by atoms with Crippen LogP contribution in [0.1, 0.15) is 23.5 Å². The minimum Gasteiger partial charge on any atom is -0.493 e. The molecule has 2 heterocycles. The highest BCUT2D eigenvalue weighted by Gasteiger charge is 2.16. The number of ether oxygens (including phenoxy) is 1. The van der Waals surface area contributed by atoms with Gasteiger partial charge in [-0.25, -0.2) is 4.98 Å². The fourth-order valence-corrected chi connectivity index (χ4v) is 2.79. The van der Waals surface area contributed by atoms with E-state index >= 15 is 0 Å². The summed E-state index contributed by atoms with van der Waals surface area (Å²) in [6.45, 7) is 3.32. The Labute approximate surface area is 113 Å². The van der Waals surface area contributed by atoms with Crippen LogP contribution in [0, 0.1) is 6.92 Å². The lowest BCUT2D eigenvalue weighted by Gasteiger charge is -2.18. The molecule has 3 rings (SSSR count). The first-order chi connectivity index (χ1) is 9.20. The Balaban J connectivity index is 2.09. The Hall–Kier alpha value is -1.81. The van der Waals surface area contributed by atoms with Crippen LogP contribution in [0.5, 0.6) is 5.75 Å². The molecule has 0 spiro atoms. The molecule has 0 unspecified atom stereocenters. The number of nitrogens with zero attached hydrogens (tertiary/aromatic N) is 2. The van der Waals surface area contributed by atoms with Crippen LogP contribution in [-0.4, -0.2) is 16.2 Å². The number of imidazole rings is 1. The van der Waals surface area contributed by atoms with Crippen molar-refractivity contribution in [3.8, 4) is 17.0 Å². The number of nitrogens with two attached hydrogens (primary N) is 1. The van der Waals surface area contributed by atoms with E-state index in [1.165, 1.54) is 11.1 Å². The molecule has 1 aromatic heterocycles. The summed E-state index contributed by atoms with van der Waals surface area (Å²) in [4.78, 5) is 4.52. The molecule has 0 fully saturated rings. The fraction of sp³-hybridized carbons (Fsp3) is 0.400. The summed E-state index contributed by atoms with van der Waals surface area (Å²) < 4.78 is 7.74. The average Bonchev–Trinajstić information content (AvgIpc) is 2.73. The second kappa shape index (κ2) is 4.70. The first kappa shape index (κ1) is 12.2. The number of hydrogen-bond acceptors (Lipinski definition) is 3. The van der Waals surface area contributed by atoms with E-state index in [9.17, 15) is 0 Å². The molecule has 0 bridgehead atoms. The Morgan fingerprint density at radius 2 is 2.26 bits per heavy atom. The third-order valence-electron chi connectivity index (χ3n) is 3.73. The minimum atomic E-state index is 0.464. The SMILES string of the molecule is Cc1nc(CN)n(C)c1-c1ccc2c(c1)CCCO2. The van der Waals surface area contributed by atoms with Crippen molar-refractivity contribution >= 4 is 0 Å². The molecule has 4 nitrogen and oxygen atoms in total. The van der Waals surface area contributed by atoms with Gasteiger partial charge in [-0.2, -0.15) is 0 Å². The van der Waals surface area contributed by atoms with Crippen molar-refractivity contribution in [2.45, 2.75) is 26.3 Å². The molecule has 4 heteroatoms. The number of aromatic nitrogens is 2. The third kappa shape index (κ3) is 2.02. The van der Waals surface area contributed by atoms with Crippen molar-refractivity contribution in [2.75, 3.05) is 6.61 Å². The Morgan fingerprint density at radius 3 is 3.00 bits per heavy atom. The quantitative estimate of drug-likeness (QED) is 0.897. The molecular formula is C15H19N3O. The zero-order chi connectivity index (χ0) is 13.4. The van der Waals surface area contributed by atoms with Gasteiger partial charge in [0.1, 0.15) is 11.6 Å². The zero-order valence-corrected chi connectivity index (χ0v) is 11.4. The third-order valence-corrected chi connectivity index (χ3v) is 3.73. The van der Waals surface area contributed by atoms with Crippen molar-refractivity contribution in [1.29, 1.82) is 0 Å². The molecule has 0 saturated carbocycles. The summed E-state index contributed by atoms with van der Waals surface area (Å²) in [5, 5.41) is 0.